The third-order valence-electron chi connectivity index (χ3n) is 3.98. The minimum absolute atomic E-state index is 0.0959. The van der Waals surface area contributed by atoms with Crippen LogP contribution in [0.15, 0.2) is 24.4 Å². The summed E-state index contributed by atoms with van der Waals surface area (Å²) in [6.07, 6.45) is 3.09. The average molecular weight is 442 g/mol. The van der Waals surface area contributed by atoms with Gasteiger partial charge in [0.1, 0.15) is 5.69 Å². The number of nitrogens with one attached hydrogen (secondary N) is 4. The zero-order valence-corrected chi connectivity index (χ0v) is 17.1. The number of aromatic amines is 1. The molecule has 0 unspecified atom stereocenters. The molecule has 1 aliphatic heterocycles. The lowest BCUT2D eigenvalue weighted by atomic mass is 10.1. The van der Waals surface area contributed by atoms with Gasteiger partial charge in [-0.1, -0.05) is 29.3 Å². The molecule has 156 valence electrons. The molecule has 1 saturated heterocycles. The fraction of sp³-hybridized carbons (Fsp3) is 0.333. The third kappa shape index (κ3) is 6.74. The van der Waals surface area contributed by atoms with Crippen LogP contribution in [0.5, 0.6) is 0 Å². The molecule has 9 nitrogen and oxygen atoms in total. The van der Waals surface area contributed by atoms with Crippen LogP contribution in [0.4, 0.5) is 5.69 Å². The number of benzene rings is 1. The average Bonchev–Trinajstić information content (AvgIpc) is 3.10. The molecular formula is C18H21Cl2N5O4. The standard InChI is InChI=1S/C16H17Cl2N5O2.C2H4O2/c17-10-2-1-3-11(18)13(10)15(24)22-12-8-20-23-14(12)16(25)21-9-4-6-19-7-5-9;1-2(3)4/h1-3,8-9,19H,4-7H2,(H,20,23)(H,21,25)(H,22,24);1H3,(H,3,4). The van der Waals surface area contributed by atoms with Gasteiger partial charge in [0.25, 0.3) is 17.8 Å². The molecule has 1 aliphatic rings. The monoisotopic (exact) mass is 441 g/mol. The van der Waals surface area contributed by atoms with Crippen molar-refractivity contribution in [2.24, 2.45) is 0 Å². The number of carboxylic acid groups (broad SMARTS) is 1. The van der Waals surface area contributed by atoms with E-state index in [-0.39, 0.29) is 38.9 Å². The molecule has 3 rings (SSSR count). The zero-order chi connectivity index (χ0) is 21.4. The predicted octanol–water partition coefficient (Wildman–Crippen LogP) is 2.54. The highest BCUT2D eigenvalue weighted by atomic mass is 35.5. The third-order valence-corrected chi connectivity index (χ3v) is 4.61. The summed E-state index contributed by atoms with van der Waals surface area (Å²) >= 11 is 12.1. The van der Waals surface area contributed by atoms with Crippen molar-refractivity contribution in [1.29, 1.82) is 0 Å². The van der Waals surface area contributed by atoms with E-state index in [0.29, 0.717) is 0 Å². The summed E-state index contributed by atoms with van der Waals surface area (Å²) in [5.74, 6) is -1.65. The minimum Gasteiger partial charge on any atom is -0.481 e. The maximum absolute atomic E-state index is 12.5. The van der Waals surface area contributed by atoms with E-state index in [0.717, 1.165) is 32.9 Å². The number of carboxylic acids is 1. The van der Waals surface area contributed by atoms with E-state index >= 15 is 0 Å². The second-order valence-corrected chi connectivity index (χ2v) is 7.04. The Morgan fingerprint density at radius 2 is 1.72 bits per heavy atom. The SMILES string of the molecule is CC(=O)O.O=C(NC1CCNCC1)c1[nH]ncc1NC(=O)c1c(Cl)cccc1Cl. The molecule has 0 bridgehead atoms. The van der Waals surface area contributed by atoms with E-state index in [9.17, 15) is 9.59 Å². The van der Waals surface area contributed by atoms with Gasteiger partial charge in [-0.25, -0.2) is 0 Å². The molecule has 5 N–H and O–H groups in total. The Hall–Kier alpha value is -2.62. The summed E-state index contributed by atoms with van der Waals surface area (Å²) < 4.78 is 0. The number of carbonyl (C=O) groups excluding carboxylic acids is 2. The van der Waals surface area contributed by atoms with Gasteiger partial charge in [-0.2, -0.15) is 5.10 Å². The number of piperidine rings is 1. The van der Waals surface area contributed by atoms with Crippen LogP contribution in [0.3, 0.4) is 0 Å². The summed E-state index contributed by atoms with van der Waals surface area (Å²) in [6.45, 7) is 2.81. The molecule has 11 heteroatoms. The summed E-state index contributed by atoms with van der Waals surface area (Å²) in [4.78, 5) is 33.9. The normalized spacial score (nSPS) is 13.8. The fourth-order valence-corrected chi connectivity index (χ4v) is 3.25. The van der Waals surface area contributed by atoms with E-state index in [1.54, 1.807) is 18.2 Å². The number of hydrogen-bond donors (Lipinski definition) is 5. The van der Waals surface area contributed by atoms with Gasteiger partial charge in [-0.05, 0) is 38.1 Å². The van der Waals surface area contributed by atoms with Gasteiger partial charge in [0.05, 0.1) is 27.5 Å². The molecule has 2 heterocycles. The molecule has 0 aliphatic carbocycles. The first-order valence-electron chi connectivity index (χ1n) is 8.79. The number of rotatable bonds is 4. The zero-order valence-electron chi connectivity index (χ0n) is 15.6. The number of carbonyl (C=O) groups is 3. The number of nitrogens with zero attached hydrogens (tertiary/aromatic N) is 1. The Bertz CT molecular complexity index is 857. The Morgan fingerprint density at radius 3 is 2.31 bits per heavy atom. The molecule has 29 heavy (non-hydrogen) atoms. The highest BCUT2D eigenvalue weighted by molar-refractivity contribution is 6.40. The van der Waals surface area contributed by atoms with Crippen molar-refractivity contribution in [1.82, 2.24) is 20.8 Å². The molecule has 0 atom stereocenters. The summed E-state index contributed by atoms with van der Waals surface area (Å²) in [6, 6.07) is 4.89. The van der Waals surface area contributed by atoms with Crippen LogP contribution in [-0.4, -0.2) is 52.2 Å². The Morgan fingerprint density at radius 1 is 1.14 bits per heavy atom. The predicted molar refractivity (Wildman–Crippen MR) is 110 cm³/mol. The molecule has 1 fully saturated rings. The smallest absolute Gasteiger partial charge is 0.300 e. The van der Waals surface area contributed by atoms with E-state index < -0.39 is 11.9 Å². The van der Waals surface area contributed by atoms with Gasteiger partial charge in [-0.3, -0.25) is 19.5 Å². The van der Waals surface area contributed by atoms with E-state index in [1.165, 1.54) is 6.20 Å². The lowest BCUT2D eigenvalue weighted by Gasteiger charge is -2.23. The van der Waals surface area contributed by atoms with Crippen molar-refractivity contribution >= 4 is 46.7 Å². The lowest BCUT2D eigenvalue weighted by molar-refractivity contribution is -0.134. The maximum atomic E-state index is 12.5. The van der Waals surface area contributed by atoms with Crippen molar-refractivity contribution < 1.29 is 19.5 Å². The van der Waals surface area contributed by atoms with E-state index in [4.69, 9.17) is 33.1 Å². The van der Waals surface area contributed by atoms with Crippen molar-refractivity contribution in [3.8, 4) is 0 Å². The first kappa shape index (κ1) is 22.7. The molecule has 0 saturated carbocycles. The Balaban J connectivity index is 0.000000687. The van der Waals surface area contributed by atoms with Crippen LogP contribution in [0.1, 0.15) is 40.6 Å². The van der Waals surface area contributed by atoms with Crippen LogP contribution in [0.2, 0.25) is 10.0 Å². The molecule has 0 spiro atoms. The van der Waals surface area contributed by atoms with Crippen LogP contribution in [0.25, 0.3) is 0 Å². The minimum atomic E-state index is -0.833. The molecule has 2 aromatic rings. The first-order valence-corrected chi connectivity index (χ1v) is 9.55. The van der Waals surface area contributed by atoms with Gasteiger partial charge in [-0.15, -0.1) is 0 Å². The van der Waals surface area contributed by atoms with Crippen LogP contribution in [-0.2, 0) is 4.79 Å². The second-order valence-electron chi connectivity index (χ2n) is 6.23. The van der Waals surface area contributed by atoms with Crippen molar-refractivity contribution in [3.05, 3.63) is 45.7 Å². The highest BCUT2D eigenvalue weighted by Gasteiger charge is 2.22. The topological polar surface area (TPSA) is 136 Å². The van der Waals surface area contributed by atoms with Crippen molar-refractivity contribution in [2.45, 2.75) is 25.8 Å². The van der Waals surface area contributed by atoms with Gasteiger partial charge in [0, 0.05) is 13.0 Å². The van der Waals surface area contributed by atoms with E-state index in [1.807, 2.05) is 0 Å². The number of hydrogen-bond acceptors (Lipinski definition) is 5. The largest absolute Gasteiger partial charge is 0.481 e. The molecule has 1 aromatic heterocycles. The van der Waals surface area contributed by atoms with Crippen molar-refractivity contribution in [2.75, 3.05) is 18.4 Å². The Labute approximate surface area is 177 Å². The maximum Gasteiger partial charge on any atom is 0.300 e. The van der Waals surface area contributed by atoms with Gasteiger partial charge in [0.15, 0.2) is 0 Å². The van der Waals surface area contributed by atoms with Crippen molar-refractivity contribution in [3.63, 3.8) is 0 Å². The van der Waals surface area contributed by atoms with Crippen LogP contribution < -0.4 is 16.0 Å². The molecule has 0 radical (unpaired) electrons. The van der Waals surface area contributed by atoms with Gasteiger partial charge < -0.3 is 21.1 Å². The number of aliphatic carboxylic acids is 1. The quantitative estimate of drug-likeness (QED) is 0.494. The number of amides is 2. The molecular weight excluding hydrogens is 421 g/mol. The number of H-pyrrole nitrogens is 1. The van der Waals surface area contributed by atoms with Crippen LogP contribution >= 0.6 is 23.2 Å². The van der Waals surface area contributed by atoms with Gasteiger partial charge >= 0.3 is 0 Å². The summed E-state index contributed by atoms with van der Waals surface area (Å²) in [5, 5.41) is 23.2. The number of halogens is 2. The summed E-state index contributed by atoms with van der Waals surface area (Å²) in [7, 11) is 0. The molecule has 1 aromatic carbocycles. The highest BCUT2D eigenvalue weighted by Crippen LogP contribution is 2.25. The second kappa shape index (κ2) is 10.8. The van der Waals surface area contributed by atoms with E-state index in [2.05, 4.69) is 26.1 Å². The fourth-order valence-electron chi connectivity index (χ4n) is 2.68. The number of aromatic nitrogens is 2. The molecule has 2 amide bonds. The van der Waals surface area contributed by atoms with Crippen LogP contribution in [0, 0.1) is 0 Å². The summed E-state index contributed by atoms with van der Waals surface area (Å²) in [5.41, 5.74) is 0.610. The Kier molecular flexibility index (Phi) is 8.44. The number of anilines is 1. The first-order chi connectivity index (χ1) is 13.8. The van der Waals surface area contributed by atoms with Gasteiger partial charge in [0.2, 0.25) is 0 Å². The lowest BCUT2D eigenvalue weighted by Crippen LogP contribution is -2.43.